The van der Waals surface area contributed by atoms with E-state index in [2.05, 4.69) is 63.6 Å². The van der Waals surface area contributed by atoms with Gasteiger partial charge in [-0.25, -0.2) is 9.59 Å². The zero-order valence-electron chi connectivity index (χ0n) is 25.9. The van der Waals surface area contributed by atoms with Gasteiger partial charge in [0.05, 0.1) is 39.8 Å². The van der Waals surface area contributed by atoms with Crippen LogP contribution in [0.5, 0.6) is 0 Å². The number of carbonyl (C=O) groups is 2. The maximum Gasteiger partial charge on any atom is 0.336 e. The molecule has 0 bridgehead atoms. The SMILES string of the molecule is CCOC(=O)C1=C(C)NC(C)=C(C(=O)OCCN2CCN(C(c3ccccc3)c3ccccc3)CC2)C1c1cccc(Cl)c1Cl. The molecule has 9 heteroatoms. The quantitative estimate of drug-likeness (QED) is 0.244. The predicted molar refractivity (Wildman–Crippen MR) is 178 cm³/mol. The maximum absolute atomic E-state index is 13.7. The van der Waals surface area contributed by atoms with E-state index >= 15 is 0 Å². The van der Waals surface area contributed by atoms with Crippen LogP contribution in [0.1, 0.15) is 49.4 Å². The zero-order chi connectivity index (χ0) is 31.9. The normalized spacial score (nSPS) is 17.8. The van der Waals surface area contributed by atoms with Gasteiger partial charge in [0.2, 0.25) is 0 Å². The highest BCUT2D eigenvalue weighted by atomic mass is 35.5. The molecule has 1 fully saturated rings. The summed E-state index contributed by atoms with van der Waals surface area (Å²) in [4.78, 5) is 31.7. The molecule has 1 atom stereocenters. The molecule has 2 aliphatic heterocycles. The molecule has 0 amide bonds. The van der Waals surface area contributed by atoms with Gasteiger partial charge >= 0.3 is 11.9 Å². The Bertz CT molecular complexity index is 1530. The van der Waals surface area contributed by atoms with E-state index < -0.39 is 17.9 Å². The number of benzene rings is 3. The van der Waals surface area contributed by atoms with Crippen LogP contribution in [0.2, 0.25) is 10.0 Å². The highest BCUT2D eigenvalue weighted by Crippen LogP contribution is 2.43. The van der Waals surface area contributed by atoms with Crippen molar-refractivity contribution in [3.63, 3.8) is 0 Å². The van der Waals surface area contributed by atoms with E-state index in [0.29, 0.717) is 39.7 Å². The summed E-state index contributed by atoms with van der Waals surface area (Å²) in [5.74, 6) is -1.83. The van der Waals surface area contributed by atoms with Gasteiger partial charge in [0.15, 0.2) is 0 Å². The number of piperazine rings is 1. The number of halogens is 2. The lowest BCUT2D eigenvalue weighted by Gasteiger charge is -2.39. The van der Waals surface area contributed by atoms with Crippen LogP contribution in [0, 0.1) is 0 Å². The fourth-order valence-electron chi connectivity index (χ4n) is 6.27. The number of hydrogen-bond donors (Lipinski definition) is 1. The smallest absolute Gasteiger partial charge is 0.336 e. The second-order valence-electron chi connectivity index (χ2n) is 11.2. The lowest BCUT2D eigenvalue weighted by atomic mass is 9.80. The molecule has 0 saturated carbocycles. The minimum Gasteiger partial charge on any atom is -0.463 e. The summed E-state index contributed by atoms with van der Waals surface area (Å²) in [6.45, 7) is 9.80. The van der Waals surface area contributed by atoms with E-state index in [-0.39, 0.29) is 24.3 Å². The summed E-state index contributed by atoms with van der Waals surface area (Å²) >= 11 is 13.0. The first-order chi connectivity index (χ1) is 21.8. The zero-order valence-corrected chi connectivity index (χ0v) is 27.4. The van der Waals surface area contributed by atoms with Gasteiger partial charge in [0, 0.05) is 44.1 Å². The summed E-state index contributed by atoms with van der Waals surface area (Å²) in [6, 6.07) is 26.6. The standard InChI is InChI=1S/C36H39Cl2N3O4/c1-4-44-35(42)30-24(2)39-25(3)31(32(30)28-16-11-17-29(37)33(28)38)36(43)45-23-22-40-18-20-41(21-19-40)34(26-12-7-5-8-13-26)27-14-9-6-10-15-27/h5-17,32,34,39H,4,18-23H2,1-3H3. The fourth-order valence-corrected chi connectivity index (χ4v) is 6.69. The van der Waals surface area contributed by atoms with Crippen molar-refractivity contribution in [3.8, 4) is 0 Å². The molecule has 3 aromatic rings. The van der Waals surface area contributed by atoms with E-state index in [4.69, 9.17) is 32.7 Å². The summed E-state index contributed by atoms with van der Waals surface area (Å²) in [5, 5.41) is 3.79. The van der Waals surface area contributed by atoms with E-state index in [1.807, 2.05) is 12.1 Å². The van der Waals surface area contributed by atoms with Gasteiger partial charge in [-0.05, 0) is 43.5 Å². The molecule has 0 aliphatic carbocycles. The molecule has 7 nitrogen and oxygen atoms in total. The van der Waals surface area contributed by atoms with Crippen molar-refractivity contribution in [2.45, 2.75) is 32.7 Å². The van der Waals surface area contributed by atoms with Crippen LogP contribution in [0.25, 0.3) is 0 Å². The van der Waals surface area contributed by atoms with Gasteiger partial charge in [-0.15, -0.1) is 0 Å². The molecule has 1 N–H and O–H groups in total. The third kappa shape index (κ3) is 7.45. The summed E-state index contributed by atoms with van der Waals surface area (Å²) in [7, 11) is 0. The first-order valence-electron chi connectivity index (χ1n) is 15.3. The Morgan fingerprint density at radius 2 is 1.36 bits per heavy atom. The predicted octanol–water partition coefficient (Wildman–Crippen LogP) is 6.74. The Balaban J connectivity index is 1.26. The number of carbonyl (C=O) groups excluding carboxylic acids is 2. The third-order valence-corrected chi connectivity index (χ3v) is 9.24. The third-order valence-electron chi connectivity index (χ3n) is 8.41. The van der Waals surface area contributed by atoms with Crippen LogP contribution in [-0.4, -0.2) is 67.7 Å². The summed E-state index contributed by atoms with van der Waals surface area (Å²) in [5.41, 5.74) is 4.89. The van der Waals surface area contributed by atoms with Crippen LogP contribution < -0.4 is 5.32 Å². The van der Waals surface area contributed by atoms with Gasteiger partial charge in [-0.1, -0.05) is 96.0 Å². The number of allylic oxidation sites excluding steroid dienone is 2. The highest BCUT2D eigenvalue weighted by Gasteiger charge is 2.39. The van der Waals surface area contributed by atoms with Crippen molar-refractivity contribution in [1.82, 2.24) is 15.1 Å². The molecule has 0 aromatic heterocycles. The molecule has 1 saturated heterocycles. The van der Waals surface area contributed by atoms with Crippen LogP contribution in [-0.2, 0) is 19.1 Å². The average molecular weight is 649 g/mol. The van der Waals surface area contributed by atoms with E-state index in [1.165, 1.54) is 11.1 Å². The number of dihydropyridines is 1. The number of esters is 2. The second-order valence-corrected chi connectivity index (χ2v) is 12.0. The number of hydrogen-bond acceptors (Lipinski definition) is 7. The Morgan fingerprint density at radius 3 is 1.91 bits per heavy atom. The average Bonchev–Trinajstić information content (AvgIpc) is 3.04. The van der Waals surface area contributed by atoms with Crippen molar-refractivity contribution < 1.29 is 19.1 Å². The van der Waals surface area contributed by atoms with E-state index in [1.54, 1.807) is 39.0 Å². The molecule has 0 spiro atoms. The minimum absolute atomic E-state index is 0.182. The second kappa shape index (κ2) is 15.1. The summed E-state index contributed by atoms with van der Waals surface area (Å²) in [6.07, 6.45) is 0. The molecular formula is C36H39Cl2N3O4. The monoisotopic (exact) mass is 647 g/mol. The molecule has 236 valence electrons. The van der Waals surface area contributed by atoms with Crippen LogP contribution in [0.15, 0.2) is 101 Å². The first kappa shape index (κ1) is 32.8. The Kier molecular flexibility index (Phi) is 11.0. The highest BCUT2D eigenvalue weighted by molar-refractivity contribution is 6.42. The Hall–Kier alpha value is -3.62. The lowest BCUT2D eigenvalue weighted by Crippen LogP contribution is -2.48. The van der Waals surface area contributed by atoms with Crippen molar-refractivity contribution in [3.05, 3.63) is 128 Å². The molecule has 45 heavy (non-hydrogen) atoms. The number of rotatable bonds is 10. The fraction of sp³-hybridized carbons (Fsp3) is 0.333. The maximum atomic E-state index is 13.7. The minimum atomic E-state index is -0.791. The summed E-state index contributed by atoms with van der Waals surface area (Å²) < 4.78 is 11.3. The topological polar surface area (TPSA) is 71.1 Å². The Labute approximate surface area is 275 Å². The van der Waals surface area contributed by atoms with Crippen molar-refractivity contribution in [2.75, 3.05) is 45.9 Å². The molecule has 3 aromatic carbocycles. The lowest BCUT2D eigenvalue weighted by molar-refractivity contribution is -0.140. The van der Waals surface area contributed by atoms with Crippen molar-refractivity contribution in [2.24, 2.45) is 0 Å². The van der Waals surface area contributed by atoms with Crippen molar-refractivity contribution in [1.29, 1.82) is 0 Å². The van der Waals surface area contributed by atoms with E-state index in [9.17, 15) is 9.59 Å². The number of nitrogens with one attached hydrogen (secondary N) is 1. The van der Waals surface area contributed by atoms with Gasteiger partial charge in [-0.2, -0.15) is 0 Å². The van der Waals surface area contributed by atoms with E-state index in [0.717, 1.165) is 26.2 Å². The molecule has 1 unspecified atom stereocenters. The molecule has 2 heterocycles. The first-order valence-corrected chi connectivity index (χ1v) is 16.1. The van der Waals surface area contributed by atoms with Gasteiger partial charge in [0.1, 0.15) is 6.61 Å². The number of nitrogens with zero attached hydrogens (tertiary/aromatic N) is 2. The van der Waals surface area contributed by atoms with Gasteiger partial charge in [0.25, 0.3) is 0 Å². The van der Waals surface area contributed by atoms with Crippen LogP contribution >= 0.6 is 23.2 Å². The van der Waals surface area contributed by atoms with Crippen LogP contribution in [0.3, 0.4) is 0 Å². The number of ether oxygens (including phenoxy) is 2. The molecule has 5 rings (SSSR count). The van der Waals surface area contributed by atoms with Gasteiger partial charge in [-0.3, -0.25) is 9.80 Å². The molecule has 2 aliphatic rings. The van der Waals surface area contributed by atoms with Crippen molar-refractivity contribution >= 4 is 35.1 Å². The van der Waals surface area contributed by atoms with Crippen LogP contribution in [0.4, 0.5) is 0 Å². The molecule has 0 radical (unpaired) electrons. The largest absolute Gasteiger partial charge is 0.463 e. The van der Waals surface area contributed by atoms with Gasteiger partial charge < -0.3 is 14.8 Å². The Morgan fingerprint density at radius 1 is 0.800 bits per heavy atom. The molecular weight excluding hydrogens is 609 g/mol.